The van der Waals surface area contributed by atoms with Crippen molar-refractivity contribution >= 4 is 22.9 Å². The van der Waals surface area contributed by atoms with Crippen LogP contribution in [0.25, 0.3) is 0 Å². The van der Waals surface area contributed by atoms with Crippen LogP contribution in [0.1, 0.15) is 25.5 Å². The number of hydrogen-bond donors (Lipinski definition) is 1. The molecule has 0 saturated carbocycles. The lowest BCUT2D eigenvalue weighted by Gasteiger charge is -2.28. The highest BCUT2D eigenvalue weighted by atomic mass is 32.1. The van der Waals surface area contributed by atoms with Crippen molar-refractivity contribution < 1.29 is 4.92 Å². The van der Waals surface area contributed by atoms with Gasteiger partial charge in [0.2, 0.25) is 0 Å². The van der Waals surface area contributed by atoms with Gasteiger partial charge < -0.3 is 5.73 Å². The number of nitro groups is 1. The third-order valence-corrected chi connectivity index (χ3v) is 3.07. The van der Waals surface area contributed by atoms with Gasteiger partial charge in [-0.2, -0.15) is 0 Å². The second-order valence-corrected chi connectivity index (χ2v) is 4.35. The molecule has 1 aromatic rings. The fourth-order valence-electron chi connectivity index (χ4n) is 1.95. The Morgan fingerprint density at radius 1 is 1.50 bits per heavy atom. The molecule has 0 fully saturated rings. The molecule has 0 radical (unpaired) electrons. The topological polar surface area (TPSA) is 72.4 Å². The summed E-state index contributed by atoms with van der Waals surface area (Å²) in [6.07, 6.45) is 0. The van der Waals surface area contributed by atoms with Crippen molar-refractivity contribution in [3.63, 3.8) is 0 Å². The Bertz CT molecular complexity index is 447. The smallest absolute Gasteiger partial charge is 0.269 e. The van der Waals surface area contributed by atoms with E-state index in [2.05, 4.69) is 4.90 Å². The third kappa shape index (κ3) is 3.24. The summed E-state index contributed by atoms with van der Waals surface area (Å²) in [7, 11) is 0. The molecule has 0 aliphatic heterocycles. The Balaban J connectivity index is 3.17. The summed E-state index contributed by atoms with van der Waals surface area (Å²) < 4.78 is 0. The van der Waals surface area contributed by atoms with Gasteiger partial charge in [-0.15, -0.1) is 0 Å². The molecule has 0 amide bonds. The average Bonchev–Trinajstić information content (AvgIpc) is 2.35. The van der Waals surface area contributed by atoms with Crippen LogP contribution in [0.2, 0.25) is 0 Å². The van der Waals surface area contributed by atoms with Gasteiger partial charge in [0, 0.05) is 12.1 Å². The molecule has 0 saturated heterocycles. The van der Waals surface area contributed by atoms with E-state index in [1.54, 1.807) is 6.07 Å². The maximum atomic E-state index is 10.8. The molecule has 98 valence electrons. The van der Waals surface area contributed by atoms with Crippen molar-refractivity contribution in [1.82, 2.24) is 4.90 Å². The van der Waals surface area contributed by atoms with Crippen molar-refractivity contribution in [3.8, 4) is 0 Å². The monoisotopic (exact) mass is 267 g/mol. The molecule has 0 spiro atoms. The number of rotatable bonds is 6. The Hall–Kier alpha value is -1.53. The van der Waals surface area contributed by atoms with E-state index >= 15 is 0 Å². The van der Waals surface area contributed by atoms with E-state index in [4.69, 9.17) is 18.0 Å². The van der Waals surface area contributed by atoms with Crippen molar-refractivity contribution in [2.45, 2.75) is 19.9 Å². The molecule has 0 aromatic heterocycles. The standard InChI is InChI=1S/C12H17N3O2S/c1-3-14(4-2)11(12(13)18)9-6-5-7-10(8-9)15(16)17/h5-8,11H,3-4H2,1-2H3,(H2,13,18). The van der Waals surface area contributed by atoms with Gasteiger partial charge in [-0.05, 0) is 18.7 Å². The van der Waals surface area contributed by atoms with E-state index in [1.165, 1.54) is 12.1 Å². The summed E-state index contributed by atoms with van der Waals surface area (Å²) >= 11 is 5.08. The Kier molecular flexibility index (Phi) is 5.18. The maximum Gasteiger partial charge on any atom is 0.269 e. The van der Waals surface area contributed by atoms with Gasteiger partial charge in [0.1, 0.15) is 0 Å². The molecule has 18 heavy (non-hydrogen) atoms. The third-order valence-electron chi connectivity index (χ3n) is 2.84. The second-order valence-electron chi connectivity index (χ2n) is 3.88. The maximum absolute atomic E-state index is 10.8. The molecule has 1 aromatic carbocycles. The van der Waals surface area contributed by atoms with Gasteiger partial charge in [-0.1, -0.05) is 38.2 Å². The first-order chi connectivity index (χ1) is 8.51. The van der Waals surface area contributed by atoms with Crippen LogP contribution in [0.5, 0.6) is 0 Å². The van der Waals surface area contributed by atoms with E-state index in [0.717, 1.165) is 18.7 Å². The Morgan fingerprint density at radius 2 is 2.11 bits per heavy atom. The molecule has 0 aliphatic rings. The van der Waals surface area contributed by atoms with Crippen LogP contribution in [0.3, 0.4) is 0 Å². The molecular weight excluding hydrogens is 250 g/mol. The minimum atomic E-state index is -0.414. The highest BCUT2D eigenvalue weighted by Crippen LogP contribution is 2.24. The minimum absolute atomic E-state index is 0.0564. The summed E-state index contributed by atoms with van der Waals surface area (Å²) in [5.74, 6) is 0. The van der Waals surface area contributed by atoms with Gasteiger partial charge in [0.15, 0.2) is 0 Å². The lowest BCUT2D eigenvalue weighted by molar-refractivity contribution is -0.384. The number of likely N-dealkylation sites (N-methyl/N-ethyl adjacent to an activating group) is 1. The highest BCUT2D eigenvalue weighted by molar-refractivity contribution is 7.80. The molecule has 6 heteroatoms. The van der Waals surface area contributed by atoms with Crippen LogP contribution in [0.15, 0.2) is 24.3 Å². The number of hydrogen-bond acceptors (Lipinski definition) is 4. The molecule has 1 unspecified atom stereocenters. The van der Waals surface area contributed by atoms with E-state index in [1.807, 2.05) is 19.9 Å². The van der Waals surface area contributed by atoms with Gasteiger partial charge >= 0.3 is 0 Å². The van der Waals surface area contributed by atoms with E-state index in [-0.39, 0.29) is 11.7 Å². The molecule has 0 heterocycles. The van der Waals surface area contributed by atoms with E-state index < -0.39 is 4.92 Å². The SMILES string of the molecule is CCN(CC)C(C(N)=S)c1cccc([N+](=O)[O-])c1. The molecule has 1 atom stereocenters. The molecule has 0 bridgehead atoms. The number of non-ortho nitro benzene ring substituents is 1. The van der Waals surface area contributed by atoms with Gasteiger partial charge in [-0.3, -0.25) is 15.0 Å². The molecule has 5 nitrogen and oxygen atoms in total. The predicted octanol–water partition coefficient (Wildman–Crippen LogP) is 2.26. The van der Waals surface area contributed by atoms with Crippen LogP contribution in [0.4, 0.5) is 5.69 Å². The summed E-state index contributed by atoms with van der Waals surface area (Å²) in [5, 5.41) is 10.8. The predicted molar refractivity (Wildman–Crippen MR) is 75.5 cm³/mol. The Morgan fingerprint density at radius 3 is 2.56 bits per heavy atom. The molecule has 0 aliphatic carbocycles. The number of nitrogens with zero attached hydrogens (tertiary/aromatic N) is 2. The van der Waals surface area contributed by atoms with Crippen molar-refractivity contribution in [3.05, 3.63) is 39.9 Å². The average molecular weight is 267 g/mol. The lowest BCUT2D eigenvalue weighted by atomic mass is 10.0. The van der Waals surface area contributed by atoms with E-state index in [9.17, 15) is 10.1 Å². The van der Waals surface area contributed by atoms with Gasteiger partial charge in [-0.25, -0.2) is 0 Å². The lowest BCUT2D eigenvalue weighted by Crippen LogP contribution is -2.36. The minimum Gasteiger partial charge on any atom is -0.392 e. The molecule has 1 rings (SSSR count). The van der Waals surface area contributed by atoms with Gasteiger partial charge in [0.25, 0.3) is 5.69 Å². The number of nitro benzene ring substituents is 1. The molecular formula is C12H17N3O2S. The number of benzene rings is 1. The van der Waals surface area contributed by atoms with Crippen LogP contribution in [-0.4, -0.2) is 27.9 Å². The zero-order valence-corrected chi connectivity index (χ0v) is 11.3. The number of thiocarbonyl (C=S) groups is 1. The van der Waals surface area contributed by atoms with E-state index in [0.29, 0.717) is 4.99 Å². The summed E-state index contributed by atoms with van der Waals surface area (Å²) in [6, 6.07) is 6.21. The molecule has 2 N–H and O–H groups in total. The van der Waals surface area contributed by atoms with Gasteiger partial charge in [0.05, 0.1) is 16.0 Å². The number of nitrogens with two attached hydrogens (primary N) is 1. The fraction of sp³-hybridized carbons (Fsp3) is 0.417. The normalized spacial score (nSPS) is 12.4. The quantitative estimate of drug-likeness (QED) is 0.486. The highest BCUT2D eigenvalue weighted by Gasteiger charge is 2.22. The largest absolute Gasteiger partial charge is 0.392 e. The second kappa shape index (κ2) is 6.42. The first-order valence-electron chi connectivity index (χ1n) is 5.79. The zero-order chi connectivity index (χ0) is 13.7. The van der Waals surface area contributed by atoms with Crippen molar-refractivity contribution in [2.24, 2.45) is 5.73 Å². The fourth-order valence-corrected chi connectivity index (χ4v) is 2.24. The van der Waals surface area contributed by atoms with Crippen molar-refractivity contribution in [2.75, 3.05) is 13.1 Å². The first-order valence-corrected chi connectivity index (χ1v) is 6.19. The van der Waals surface area contributed by atoms with Crippen LogP contribution < -0.4 is 5.73 Å². The van der Waals surface area contributed by atoms with Crippen LogP contribution in [0, 0.1) is 10.1 Å². The summed E-state index contributed by atoms with van der Waals surface area (Å²) in [5.41, 5.74) is 6.59. The zero-order valence-electron chi connectivity index (χ0n) is 10.5. The van der Waals surface area contributed by atoms with Crippen LogP contribution >= 0.6 is 12.2 Å². The summed E-state index contributed by atoms with van der Waals surface area (Å²) in [4.78, 5) is 12.8. The first kappa shape index (κ1) is 14.5. The van der Waals surface area contributed by atoms with Crippen LogP contribution in [-0.2, 0) is 0 Å². The van der Waals surface area contributed by atoms with Crippen molar-refractivity contribution in [1.29, 1.82) is 0 Å². The Labute approximate surface area is 112 Å². The summed E-state index contributed by atoms with van der Waals surface area (Å²) in [6.45, 7) is 5.57.